The van der Waals surface area contributed by atoms with Crippen LogP contribution < -0.4 is 0 Å². The lowest BCUT2D eigenvalue weighted by atomic mass is 9.76. The van der Waals surface area contributed by atoms with Crippen LogP contribution in [0.2, 0.25) is 0 Å². The van der Waals surface area contributed by atoms with Crippen LogP contribution in [-0.2, 0) is 18.9 Å². The van der Waals surface area contributed by atoms with Crippen molar-refractivity contribution in [1.29, 1.82) is 0 Å². The molecule has 0 aromatic carbocycles. The third-order valence-corrected chi connectivity index (χ3v) is 11.4. The van der Waals surface area contributed by atoms with E-state index in [9.17, 15) is 10.2 Å². The first kappa shape index (κ1) is 30.0. The Morgan fingerprint density at radius 1 is 0.946 bits per heavy atom. The Morgan fingerprint density at radius 3 is 2.22 bits per heavy atom. The summed E-state index contributed by atoms with van der Waals surface area (Å²) in [5.74, 6) is 0. The van der Waals surface area contributed by atoms with Gasteiger partial charge in [0.1, 0.15) is 0 Å². The quantitative estimate of drug-likeness (QED) is 0.282. The zero-order chi connectivity index (χ0) is 27.4. The molecule has 4 saturated heterocycles. The smallest absolute Gasteiger partial charge is 0.0924 e. The first-order valence-corrected chi connectivity index (χ1v) is 15.3. The van der Waals surface area contributed by atoms with Crippen molar-refractivity contribution in [1.82, 2.24) is 0 Å². The number of rotatable bonds is 7. The molecule has 0 radical (unpaired) electrons. The van der Waals surface area contributed by atoms with E-state index in [1.165, 1.54) is 0 Å². The highest BCUT2D eigenvalue weighted by molar-refractivity contribution is 9.09. The van der Waals surface area contributed by atoms with E-state index >= 15 is 0 Å². The topological polar surface area (TPSA) is 77.4 Å². The van der Waals surface area contributed by atoms with Crippen molar-refractivity contribution in [3.63, 3.8) is 0 Å². The number of ether oxygens (including phenoxy) is 4. The lowest BCUT2D eigenvalue weighted by molar-refractivity contribution is -0.285. The van der Waals surface area contributed by atoms with E-state index in [4.69, 9.17) is 18.9 Å². The highest BCUT2D eigenvalue weighted by atomic mass is 79.9. The van der Waals surface area contributed by atoms with E-state index in [1.807, 2.05) is 6.92 Å². The Hall–Kier alpha value is -0.0200. The molecule has 4 heterocycles. The SMILES string of the molecule is C=C(CCC(O)[C@@]1(C)CC[C@H](C(C)(C)O)O1)[C@H]1CC[C@H]2O[C@@H]([C@]3(C)CCC(Br)C(C)(C)O3)CCC2(C)O1. The Morgan fingerprint density at radius 2 is 1.59 bits per heavy atom. The van der Waals surface area contributed by atoms with Gasteiger partial charge in [0, 0.05) is 4.83 Å². The number of hydrogen-bond acceptors (Lipinski definition) is 6. The van der Waals surface area contributed by atoms with Crippen molar-refractivity contribution in [3.05, 3.63) is 12.2 Å². The molecule has 0 aliphatic carbocycles. The number of alkyl halides is 1. The van der Waals surface area contributed by atoms with E-state index in [2.05, 4.69) is 50.2 Å². The van der Waals surface area contributed by atoms with Crippen molar-refractivity contribution in [3.8, 4) is 0 Å². The highest BCUT2D eigenvalue weighted by Crippen LogP contribution is 2.48. The second-order valence-electron chi connectivity index (χ2n) is 14.0. The van der Waals surface area contributed by atoms with E-state index in [0.29, 0.717) is 17.7 Å². The van der Waals surface area contributed by atoms with Gasteiger partial charge in [-0.05, 0) is 118 Å². The Bertz CT molecular complexity index is 840. The van der Waals surface area contributed by atoms with Crippen LogP contribution in [0, 0.1) is 0 Å². The normalized spacial score (nSPS) is 45.3. The van der Waals surface area contributed by atoms with Crippen LogP contribution >= 0.6 is 15.9 Å². The Labute approximate surface area is 233 Å². The lowest BCUT2D eigenvalue weighted by Gasteiger charge is -2.55. The number of halogens is 1. The highest BCUT2D eigenvalue weighted by Gasteiger charge is 2.54. The van der Waals surface area contributed by atoms with Crippen molar-refractivity contribution in [2.45, 2.75) is 176 Å². The van der Waals surface area contributed by atoms with Gasteiger partial charge in [0.15, 0.2) is 0 Å². The van der Waals surface area contributed by atoms with Crippen LogP contribution in [0.5, 0.6) is 0 Å². The number of hydrogen-bond donors (Lipinski definition) is 2. The molecular weight excluding hydrogens is 536 g/mol. The summed E-state index contributed by atoms with van der Waals surface area (Å²) in [6.45, 7) is 18.6. The van der Waals surface area contributed by atoms with Crippen molar-refractivity contribution in [2.75, 3.05) is 0 Å². The summed E-state index contributed by atoms with van der Waals surface area (Å²) in [5, 5.41) is 21.3. The summed E-state index contributed by atoms with van der Waals surface area (Å²) in [5.41, 5.74) is -1.34. The minimum atomic E-state index is -0.906. The molecule has 2 N–H and O–H groups in total. The summed E-state index contributed by atoms with van der Waals surface area (Å²) in [7, 11) is 0. The van der Waals surface area contributed by atoms with Gasteiger partial charge in [-0.25, -0.2) is 0 Å². The Kier molecular flexibility index (Phi) is 8.44. The molecule has 0 spiro atoms. The number of fused-ring (bicyclic) bond motifs is 1. The van der Waals surface area contributed by atoms with Gasteiger partial charge < -0.3 is 29.2 Å². The van der Waals surface area contributed by atoms with Crippen LogP contribution in [0.3, 0.4) is 0 Å². The van der Waals surface area contributed by atoms with Gasteiger partial charge in [0.25, 0.3) is 0 Å². The third kappa shape index (κ3) is 6.18. The first-order valence-electron chi connectivity index (χ1n) is 14.4. The zero-order valence-corrected chi connectivity index (χ0v) is 25.7. The maximum absolute atomic E-state index is 11.0. The van der Waals surface area contributed by atoms with Gasteiger partial charge in [0.05, 0.1) is 58.5 Å². The van der Waals surface area contributed by atoms with E-state index in [1.54, 1.807) is 13.8 Å². The van der Waals surface area contributed by atoms with Gasteiger partial charge in [-0.3, -0.25) is 0 Å². The molecule has 4 aliphatic rings. The molecule has 0 amide bonds. The molecule has 9 atom stereocenters. The van der Waals surface area contributed by atoms with Crippen LogP contribution in [-0.4, -0.2) is 73.6 Å². The van der Waals surface area contributed by atoms with Gasteiger partial charge >= 0.3 is 0 Å². The predicted octanol–water partition coefficient (Wildman–Crippen LogP) is 5.99. The molecule has 7 heteroatoms. The molecule has 4 fully saturated rings. The molecule has 37 heavy (non-hydrogen) atoms. The molecule has 6 nitrogen and oxygen atoms in total. The van der Waals surface area contributed by atoms with Gasteiger partial charge in [0.2, 0.25) is 0 Å². The summed E-state index contributed by atoms with van der Waals surface area (Å²) < 4.78 is 26.2. The maximum Gasteiger partial charge on any atom is 0.0924 e. The van der Waals surface area contributed by atoms with Crippen molar-refractivity contribution in [2.24, 2.45) is 0 Å². The molecule has 0 bridgehead atoms. The summed E-state index contributed by atoms with van der Waals surface area (Å²) >= 11 is 3.80. The van der Waals surface area contributed by atoms with E-state index < -0.39 is 17.3 Å². The third-order valence-electron chi connectivity index (χ3n) is 9.84. The minimum absolute atomic E-state index is 0.0235. The molecule has 214 valence electrons. The molecule has 0 aromatic rings. The fraction of sp³-hybridized carbons (Fsp3) is 0.933. The molecule has 4 aliphatic heterocycles. The van der Waals surface area contributed by atoms with Gasteiger partial charge in [-0.2, -0.15) is 0 Å². The first-order chi connectivity index (χ1) is 17.0. The zero-order valence-electron chi connectivity index (χ0n) is 24.1. The predicted molar refractivity (Wildman–Crippen MR) is 149 cm³/mol. The fourth-order valence-electron chi connectivity index (χ4n) is 7.02. The summed E-state index contributed by atoms with van der Waals surface area (Å²) in [6.07, 6.45) is 7.74. The standard InChI is InChI=1S/C30H51BrO6/c1-19(9-11-22(32)28(6)17-14-23(36-28)26(2,3)33)20-10-12-24-29(7,35-20)18-15-25(34-24)30(8)16-13-21(31)27(4,5)37-30/h20-25,32-33H,1,9-18H2,2-8H3/t20-,21?,22?,23-,24-,25-,28-,29?,30+/m1/s1. The minimum Gasteiger partial charge on any atom is -0.390 e. The van der Waals surface area contributed by atoms with Gasteiger partial charge in [-0.1, -0.05) is 22.5 Å². The van der Waals surface area contributed by atoms with E-state index in [0.717, 1.165) is 56.9 Å². The second kappa shape index (κ2) is 10.4. The number of aliphatic hydroxyl groups excluding tert-OH is 1. The second-order valence-corrected chi connectivity index (χ2v) is 15.1. The summed E-state index contributed by atoms with van der Waals surface area (Å²) in [4.78, 5) is 0.357. The molecule has 0 aromatic heterocycles. The van der Waals surface area contributed by atoms with Crippen LogP contribution in [0.4, 0.5) is 0 Å². The van der Waals surface area contributed by atoms with E-state index in [-0.39, 0.29) is 41.2 Å². The monoisotopic (exact) mass is 586 g/mol. The maximum atomic E-state index is 11.0. The molecule has 0 saturated carbocycles. The van der Waals surface area contributed by atoms with Crippen LogP contribution in [0.1, 0.15) is 113 Å². The summed E-state index contributed by atoms with van der Waals surface area (Å²) in [6, 6.07) is 0. The lowest BCUT2D eigenvalue weighted by Crippen LogP contribution is -2.62. The fourth-order valence-corrected chi connectivity index (χ4v) is 7.34. The van der Waals surface area contributed by atoms with Crippen LogP contribution in [0.15, 0.2) is 12.2 Å². The molecule has 4 rings (SSSR count). The van der Waals surface area contributed by atoms with Crippen LogP contribution in [0.25, 0.3) is 0 Å². The molecule has 3 unspecified atom stereocenters. The average Bonchev–Trinajstić information content (AvgIpc) is 3.22. The average molecular weight is 588 g/mol. The largest absolute Gasteiger partial charge is 0.390 e. The van der Waals surface area contributed by atoms with Crippen molar-refractivity contribution < 1.29 is 29.2 Å². The van der Waals surface area contributed by atoms with Crippen molar-refractivity contribution >= 4 is 15.9 Å². The van der Waals surface area contributed by atoms with Gasteiger partial charge in [-0.15, -0.1) is 0 Å². The Balaban J connectivity index is 1.29. The molecular formula is C30H51BrO6. The number of aliphatic hydroxyl groups is 2.